The molecule has 2 aromatic carbocycles. The van der Waals surface area contributed by atoms with Crippen LogP contribution in [0.3, 0.4) is 0 Å². The Morgan fingerprint density at radius 3 is 1.00 bits per heavy atom. The number of benzene rings is 2. The molecule has 7 heteroatoms. The van der Waals surface area contributed by atoms with E-state index >= 15 is 0 Å². The fraction of sp³-hybridized carbons (Fsp3) is 0.0385. The minimum atomic E-state index is -0.833. The van der Waals surface area contributed by atoms with Gasteiger partial charge in [-0.2, -0.15) is 24.8 Å². The first-order valence-corrected chi connectivity index (χ1v) is 10.00. The molecule has 170 valence electrons. The normalized spacial score (nSPS) is 13.8. The number of allylic oxidation sites excluding steroid dienone is 4. The van der Waals surface area contributed by atoms with Crippen molar-refractivity contribution in [3.05, 3.63) is 116 Å². The maximum atomic E-state index is 9.00. The summed E-state index contributed by atoms with van der Waals surface area (Å²) in [6, 6.07) is 8.30. The molecule has 0 amide bonds. The standard InChI is InChI=1S/2C12H8N2.C2H4O2.Cu/c2*1-3-9-5-6-10-4-2-8-14-12(10)11(9)13-7-1;1-2(3)4;/h2*1-8H;1H3,(H,3,4);/q2*-2;;+1. The van der Waals surface area contributed by atoms with Gasteiger partial charge in [0, 0.05) is 6.92 Å². The Bertz CT molecular complexity index is 1210. The van der Waals surface area contributed by atoms with Crippen molar-refractivity contribution in [3.63, 3.8) is 0 Å². The minimum absolute atomic E-state index is 0. The number of carbonyl (C=O) groups is 1. The van der Waals surface area contributed by atoms with Gasteiger partial charge in [-0.05, 0) is 20.9 Å². The Balaban J connectivity index is 0.000000156. The van der Waals surface area contributed by atoms with Crippen LogP contribution in [0.15, 0.2) is 73.4 Å². The van der Waals surface area contributed by atoms with E-state index in [4.69, 9.17) is 9.90 Å². The molecule has 0 spiro atoms. The number of fused-ring (bicyclic) bond motifs is 6. The van der Waals surface area contributed by atoms with Crippen LogP contribution in [0.2, 0.25) is 0 Å². The van der Waals surface area contributed by atoms with Crippen molar-refractivity contribution in [3.8, 4) is 0 Å². The SMILES string of the molecule is C1=C[N-]c2c3c(ccc2=C1)=CC=C[N-]3.C1=C[N-]c2c3c(ccc2=C1)=CC=C[N-]3.CC(=O)O.[Cu+]. The van der Waals surface area contributed by atoms with Crippen molar-refractivity contribution >= 4 is 53.0 Å². The summed E-state index contributed by atoms with van der Waals surface area (Å²) in [5.41, 5.74) is 3.91. The summed E-state index contributed by atoms with van der Waals surface area (Å²) >= 11 is 0. The van der Waals surface area contributed by atoms with Crippen molar-refractivity contribution < 1.29 is 27.0 Å². The molecule has 0 aromatic heterocycles. The molecular weight excluding hydrogens is 464 g/mol. The molecule has 0 fully saturated rings. The van der Waals surface area contributed by atoms with Crippen LogP contribution in [0.5, 0.6) is 0 Å². The van der Waals surface area contributed by atoms with Gasteiger partial charge in [-0.1, -0.05) is 72.9 Å². The number of hydrogen-bond acceptors (Lipinski definition) is 1. The fourth-order valence-corrected chi connectivity index (χ4v) is 3.36. The second-order valence-corrected chi connectivity index (χ2v) is 6.95. The van der Waals surface area contributed by atoms with E-state index in [0.29, 0.717) is 0 Å². The molecule has 4 aliphatic heterocycles. The van der Waals surface area contributed by atoms with E-state index in [1.54, 1.807) is 24.8 Å². The predicted molar refractivity (Wildman–Crippen MR) is 131 cm³/mol. The molecule has 0 saturated heterocycles. The Morgan fingerprint density at radius 2 is 0.788 bits per heavy atom. The van der Waals surface area contributed by atoms with E-state index in [1.165, 1.54) is 0 Å². The van der Waals surface area contributed by atoms with Crippen molar-refractivity contribution in [2.75, 3.05) is 0 Å². The Kier molecular flexibility index (Phi) is 7.97. The largest absolute Gasteiger partial charge is 1.00 e. The predicted octanol–water partition coefficient (Wildman–Crippen LogP) is 4.71. The van der Waals surface area contributed by atoms with Crippen LogP contribution in [-0.4, -0.2) is 11.1 Å². The number of nitrogens with zero attached hydrogens (tertiary/aromatic N) is 4. The minimum Gasteiger partial charge on any atom is -0.665 e. The van der Waals surface area contributed by atoms with Gasteiger partial charge < -0.3 is 26.4 Å². The Hall–Kier alpha value is -3.93. The molecule has 0 saturated carbocycles. The maximum Gasteiger partial charge on any atom is 1.00 e. The Morgan fingerprint density at radius 1 is 0.576 bits per heavy atom. The second-order valence-electron chi connectivity index (χ2n) is 6.95. The van der Waals surface area contributed by atoms with E-state index in [2.05, 4.69) is 69.8 Å². The summed E-state index contributed by atoms with van der Waals surface area (Å²) in [5.74, 6) is -0.833. The average Bonchev–Trinajstić information content (AvgIpc) is 2.84. The van der Waals surface area contributed by atoms with Gasteiger partial charge >= 0.3 is 17.1 Å². The summed E-state index contributed by atoms with van der Waals surface area (Å²) in [4.78, 5) is 9.00. The number of carboxylic acids is 1. The number of carboxylic acid groups (broad SMARTS) is 1. The molecule has 0 bridgehead atoms. The molecule has 0 radical (unpaired) electrons. The molecule has 6 nitrogen and oxygen atoms in total. The van der Waals surface area contributed by atoms with Gasteiger partial charge in [-0.3, -0.25) is 4.79 Å². The van der Waals surface area contributed by atoms with Crippen molar-refractivity contribution in [1.29, 1.82) is 0 Å². The molecule has 1 N–H and O–H groups in total. The van der Waals surface area contributed by atoms with Crippen molar-refractivity contribution in [2.24, 2.45) is 0 Å². The molecule has 0 unspecified atom stereocenters. The molecular formula is C26H20CuN4O2-3. The molecule has 6 rings (SSSR count). The molecule has 4 aliphatic rings. The van der Waals surface area contributed by atoms with Crippen LogP contribution >= 0.6 is 0 Å². The smallest absolute Gasteiger partial charge is 0.665 e. The first-order chi connectivity index (χ1) is 15.6. The summed E-state index contributed by atoms with van der Waals surface area (Å²) in [6.45, 7) is 1.08. The Labute approximate surface area is 202 Å². The van der Waals surface area contributed by atoms with Gasteiger partial charge in [0.15, 0.2) is 0 Å². The topological polar surface area (TPSA) is 93.7 Å². The molecule has 33 heavy (non-hydrogen) atoms. The van der Waals surface area contributed by atoms with E-state index in [9.17, 15) is 0 Å². The van der Waals surface area contributed by atoms with Crippen molar-refractivity contribution in [1.82, 2.24) is 0 Å². The van der Waals surface area contributed by atoms with E-state index < -0.39 is 5.97 Å². The van der Waals surface area contributed by atoms with Crippen LogP contribution in [0.25, 0.3) is 45.6 Å². The van der Waals surface area contributed by atoms with Crippen LogP contribution in [-0.2, 0) is 21.9 Å². The number of aliphatic carboxylic acids is 1. The van der Waals surface area contributed by atoms with E-state index in [-0.39, 0.29) is 17.1 Å². The molecule has 0 aliphatic carbocycles. The van der Waals surface area contributed by atoms with E-state index in [1.807, 2.05) is 24.3 Å². The monoisotopic (exact) mass is 483 g/mol. The summed E-state index contributed by atoms with van der Waals surface area (Å²) in [5, 5.41) is 29.4. The zero-order valence-corrected chi connectivity index (χ0v) is 18.6. The quantitative estimate of drug-likeness (QED) is 0.549. The fourth-order valence-electron chi connectivity index (χ4n) is 3.36. The molecule has 0 atom stereocenters. The van der Waals surface area contributed by atoms with Gasteiger partial charge in [-0.15, -0.1) is 22.7 Å². The summed E-state index contributed by atoms with van der Waals surface area (Å²) in [6.07, 6.45) is 23.2. The van der Waals surface area contributed by atoms with Crippen LogP contribution in [0, 0.1) is 0 Å². The maximum absolute atomic E-state index is 9.00. The van der Waals surface area contributed by atoms with E-state index in [0.717, 1.165) is 50.5 Å². The van der Waals surface area contributed by atoms with Gasteiger partial charge in [0.25, 0.3) is 5.97 Å². The first kappa shape index (κ1) is 23.7. The van der Waals surface area contributed by atoms with Crippen molar-refractivity contribution in [2.45, 2.75) is 6.92 Å². The zero-order chi connectivity index (χ0) is 22.3. The zero-order valence-electron chi connectivity index (χ0n) is 17.7. The summed E-state index contributed by atoms with van der Waals surface area (Å²) in [7, 11) is 0. The summed E-state index contributed by atoms with van der Waals surface area (Å²) < 4.78 is 0. The molecule has 2 aromatic rings. The average molecular weight is 484 g/mol. The number of hydrogen-bond donors (Lipinski definition) is 1. The number of rotatable bonds is 0. The van der Waals surface area contributed by atoms with Crippen LogP contribution in [0.1, 0.15) is 6.92 Å². The van der Waals surface area contributed by atoms with Gasteiger partial charge in [0.1, 0.15) is 0 Å². The third-order valence-electron chi connectivity index (χ3n) is 4.69. The van der Waals surface area contributed by atoms with Gasteiger partial charge in [0.2, 0.25) is 0 Å². The van der Waals surface area contributed by atoms with Gasteiger partial charge in [0.05, 0.1) is 0 Å². The second kappa shape index (κ2) is 11.1. The third kappa shape index (κ3) is 5.66. The van der Waals surface area contributed by atoms with Gasteiger partial charge in [-0.25, -0.2) is 0 Å². The van der Waals surface area contributed by atoms with Crippen LogP contribution in [0.4, 0.5) is 22.7 Å². The van der Waals surface area contributed by atoms with Crippen LogP contribution < -0.4 is 20.9 Å². The first-order valence-electron chi connectivity index (χ1n) is 10.00. The third-order valence-corrected chi connectivity index (χ3v) is 4.69. The molecule has 4 heterocycles.